The molecule has 5 heteroatoms. The number of rotatable bonds is 3. The van der Waals surface area contributed by atoms with Crippen LogP contribution in [0.2, 0.25) is 0 Å². The van der Waals surface area contributed by atoms with Gasteiger partial charge in [-0.2, -0.15) is 0 Å². The standard InChI is InChI=1S/C12H17N5/c1-4-17-6-5-14-11(17)7-10-8(2)12(13)16-9(3)15-10/h5-6H,4,7H2,1-3H3,(H2,13,15,16). The van der Waals surface area contributed by atoms with E-state index in [1.807, 2.05) is 26.2 Å². The minimum atomic E-state index is 0.558. The lowest BCUT2D eigenvalue weighted by Crippen LogP contribution is -2.08. The van der Waals surface area contributed by atoms with Crippen LogP contribution in [0, 0.1) is 13.8 Å². The fourth-order valence-electron chi connectivity index (χ4n) is 1.83. The van der Waals surface area contributed by atoms with Crippen molar-refractivity contribution in [2.45, 2.75) is 33.7 Å². The quantitative estimate of drug-likeness (QED) is 0.868. The second kappa shape index (κ2) is 4.53. The van der Waals surface area contributed by atoms with E-state index in [1.54, 1.807) is 0 Å². The summed E-state index contributed by atoms with van der Waals surface area (Å²) in [6.07, 6.45) is 4.48. The second-order valence-corrected chi connectivity index (χ2v) is 4.03. The largest absolute Gasteiger partial charge is 0.383 e. The minimum absolute atomic E-state index is 0.558. The van der Waals surface area contributed by atoms with Gasteiger partial charge in [-0.1, -0.05) is 0 Å². The van der Waals surface area contributed by atoms with Gasteiger partial charge in [0.2, 0.25) is 0 Å². The Balaban J connectivity index is 2.36. The van der Waals surface area contributed by atoms with Crippen LogP contribution < -0.4 is 5.73 Å². The lowest BCUT2D eigenvalue weighted by Gasteiger charge is -2.09. The van der Waals surface area contributed by atoms with Crippen molar-refractivity contribution in [2.24, 2.45) is 0 Å². The molecule has 90 valence electrons. The number of anilines is 1. The Morgan fingerprint density at radius 3 is 2.76 bits per heavy atom. The topological polar surface area (TPSA) is 69.6 Å². The number of aromatic nitrogens is 4. The normalized spacial score (nSPS) is 10.8. The fraction of sp³-hybridized carbons (Fsp3) is 0.417. The van der Waals surface area contributed by atoms with E-state index in [2.05, 4.69) is 26.4 Å². The van der Waals surface area contributed by atoms with Crippen molar-refractivity contribution in [3.05, 3.63) is 35.3 Å². The molecular formula is C12H17N5. The molecule has 0 amide bonds. The van der Waals surface area contributed by atoms with Crippen molar-refractivity contribution in [3.63, 3.8) is 0 Å². The maximum Gasteiger partial charge on any atom is 0.130 e. The highest BCUT2D eigenvalue weighted by Crippen LogP contribution is 2.15. The lowest BCUT2D eigenvalue weighted by atomic mass is 10.1. The molecule has 0 radical (unpaired) electrons. The summed E-state index contributed by atoms with van der Waals surface area (Å²) in [6, 6.07) is 0. The molecule has 2 aromatic rings. The number of hydrogen-bond donors (Lipinski definition) is 1. The highest BCUT2D eigenvalue weighted by Gasteiger charge is 2.10. The summed E-state index contributed by atoms with van der Waals surface area (Å²) in [4.78, 5) is 12.9. The first kappa shape index (κ1) is 11.6. The molecule has 0 spiro atoms. The van der Waals surface area contributed by atoms with E-state index in [9.17, 15) is 0 Å². The molecule has 0 aromatic carbocycles. The van der Waals surface area contributed by atoms with Gasteiger partial charge in [0.15, 0.2) is 0 Å². The summed E-state index contributed by atoms with van der Waals surface area (Å²) in [7, 11) is 0. The van der Waals surface area contributed by atoms with Crippen LogP contribution in [-0.2, 0) is 13.0 Å². The molecule has 2 heterocycles. The molecule has 2 aromatic heterocycles. The molecule has 0 aliphatic carbocycles. The molecule has 0 atom stereocenters. The first-order chi connectivity index (χ1) is 8.11. The molecule has 0 aliphatic heterocycles. The van der Waals surface area contributed by atoms with Gasteiger partial charge in [-0.15, -0.1) is 0 Å². The number of hydrogen-bond acceptors (Lipinski definition) is 4. The van der Waals surface area contributed by atoms with Crippen molar-refractivity contribution < 1.29 is 0 Å². The highest BCUT2D eigenvalue weighted by atomic mass is 15.1. The first-order valence-corrected chi connectivity index (χ1v) is 5.71. The number of nitrogen functional groups attached to an aromatic ring is 1. The molecule has 0 saturated heterocycles. The number of aryl methyl sites for hydroxylation is 2. The van der Waals surface area contributed by atoms with Gasteiger partial charge in [-0.25, -0.2) is 15.0 Å². The molecule has 0 unspecified atom stereocenters. The van der Waals surface area contributed by atoms with Crippen molar-refractivity contribution in [1.82, 2.24) is 19.5 Å². The fourth-order valence-corrected chi connectivity index (χ4v) is 1.83. The Hall–Kier alpha value is -1.91. The highest BCUT2D eigenvalue weighted by molar-refractivity contribution is 5.41. The lowest BCUT2D eigenvalue weighted by molar-refractivity contribution is 0.706. The zero-order valence-electron chi connectivity index (χ0n) is 10.4. The molecule has 2 rings (SSSR count). The molecule has 0 fully saturated rings. The number of imidazole rings is 1. The Kier molecular flexibility index (Phi) is 3.08. The Morgan fingerprint density at radius 1 is 1.29 bits per heavy atom. The molecule has 0 aliphatic rings. The van der Waals surface area contributed by atoms with Gasteiger partial charge >= 0.3 is 0 Å². The summed E-state index contributed by atoms with van der Waals surface area (Å²) in [5.74, 6) is 2.27. The third kappa shape index (κ3) is 2.27. The van der Waals surface area contributed by atoms with Crippen LogP contribution in [0.25, 0.3) is 0 Å². The van der Waals surface area contributed by atoms with Gasteiger partial charge in [0.1, 0.15) is 17.5 Å². The molecule has 5 nitrogen and oxygen atoms in total. The third-order valence-corrected chi connectivity index (χ3v) is 2.86. The summed E-state index contributed by atoms with van der Waals surface area (Å²) < 4.78 is 2.10. The molecule has 0 bridgehead atoms. The summed E-state index contributed by atoms with van der Waals surface area (Å²) in [5.41, 5.74) is 7.74. The third-order valence-electron chi connectivity index (χ3n) is 2.86. The van der Waals surface area contributed by atoms with Crippen LogP contribution >= 0.6 is 0 Å². The predicted octanol–water partition coefficient (Wildman–Crippen LogP) is 1.48. The van der Waals surface area contributed by atoms with Crippen molar-refractivity contribution in [3.8, 4) is 0 Å². The molecule has 17 heavy (non-hydrogen) atoms. The zero-order valence-corrected chi connectivity index (χ0v) is 10.4. The van der Waals surface area contributed by atoms with Gasteiger partial charge in [0.25, 0.3) is 0 Å². The predicted molar refractivity (Wildman–Crippen MR) is 66.6 cm³/mol. The molecule has 0 saturated carbocycles. The van der Waals surface area contributed by atoms with Gasteiger partial charge in [-0.3, -0.25) is 0 Å². The van der Waals surface area contributed by atoms with E-state index in [0.29, 0.717) is 18.1 Å². The van der Waals surface area contributed by atoms with E-state index in [4.69, 9.17) is 5.73 Å². The number of nitrogens with zero attached hydrogens (tertiary/aromatic N) is 4. The van der Waals surface area contributed by atoms with Gasteiger partial charge < -0.3 is 10.3 Å². The van der Waals surface area contributed by atoms with Crippen LogP contribution in [0.4, 0.5) is 5.82 Å². The van der Waals surface area contributed by atoms with Crippen LogP contribution in [0.15, 0.2) is 12.4 Å². The van der Waals surface area contributed by atoms with Gasteiger partial charge in [-0.05, 0) is 20.8 Å². The van der Waals surface area contributed by atoms with Crippen LogP contribution in [0.5, 0.6) is 0 Å². The van der Waals surface area contributed by atoms with Crippen LogP contribution in [0.3, 0.4) is 0 Å². The van der Waals surface area contributed by atoms with E-state index in [0.717, 1.165) is 23.6 Å². The Labute approximate surface area is 101 Å². The first-order valence-electron chi connectivity index (χ1n) is 5.71. The van der Waals surface area contributed by atoms with Gasteiger partial charge in [0.05, 0.1) is 5.69 Å². The van der Waals surface area contributed by atoms with E-state index in [1.165, 1.54) is 0 Å². The Bertz CT molecular complexity index is 530. The summed E-state index contributed by atoms with van der Waals surface area (Å²) >= 11 is 0. The zero-order chi connectivity index (χ0) is 12.4. The molecule has 2 N–H and O–H groups in total. The molecular weight excluding hydrogens is 214 g/mol. The average Bonchev–Trinajstić information content (AvgIpc) is 2.72. The second-order valence-electron chi connectivity index (χ2n) is 4.03. The summed E-state index contributed by atoms with van der Waals surface area (Å²) in [5, 5.41) is 0. The monoisotopic (exact) mass is 231 g/mol. The van der Waals surface area contributed by atoms with Crippen molar-refractivity contribution in [2.75, 3.05) is 5.73 Å². The maximum absolute atomic E-state index is 5.84. The average molecular weight is 231 g/mol. The van der Waals surface area contributed by atoms with Gasteiger partial charge in [0, 0.05) is 30.9 Å². The SMILES string of the molecule is CCn1ccnc1Cc1nc(C)nc(N)c1C. The van der Waals surface area contributed by atoms with Crippen molar-refractivity contribution >= 4 is 5.82 Å². The van der Waals surface area contributed by atoms with E-state index < -0.39 is 0 Å². The smallest absolute Gasteiger partial charge is 0.130 e. The maximum atomic E-state index is 5.84. The van der Waals surface area contributed by atoms with E-state index >= 15 is 0 Å². The van der Waals surface area contributed by atoms with E-state index in [-0.39, 0.29) is 0 Å². The van der Waals surface area contributed by atoms with Crippen LogP contribution in [0.1, 0.15) is 29.8 Å². The minimum Gasteiger partial charge on any atom is -0.383 e. The van der Waals surface area contributed by atoms with Crippen LogP contribution in [-0.4, -0.2) is 19.5 Å². The summed E-state index contributed by atoms with van der Waals surface area (Å²) in [6.45, 7) is 6.81. The number of nitrogens with two attached hydrogens (primary N) is 1. The van der Waals surface area contributed by atoms with Crippen molar-refractivity contribution in [1.29, 1.82) is 0 Å². The Morgan fingerprint density at radius 2 is 2.06 bits per heavy atom.